The maximum absolute atomic E-state index is 15.7. The third kappa shape index (κ3) is 19.4. The number of amides is 4. The smallest absolute Gasteiger partial charge is 0.243 e. The number of thioether (sulfide) groups is 2. The topological polar surface area (TPSA) is 270 Å². The third-order valence-corrected chi connectivity index (χ3v) is 15.6. The SMILES string of the molecule is NS(=O)(=O)c1c(F)c(F)c(SCCNC(=O)CCC(=O)NCCOCCNC(=O)CCC(=O)NCCSc2c(F)c(F)c(S(N)(=O)=O)c(NC3CCCCCCC3)c2F)c(F)c1NC1CCCCCCC1. The van der Waals surface area contributed by atoms with Gasteiger partial charge >= 0.3 is 0 Å². The number of ether oxygens (including phenoxy) is 1. The van der Waals surface area contributed by atoms with E-state index in [1.807, 2.05) is 0 Å². The molecule has 0 spiro atoms. The summed E-state index contributed by atoms with van der Waals surface area (Å²) in [5, 5.41) is 26.0. The van der Waals surface area contributed by atoms with Crippen LogP contribution in [0.25, 0.3) is 0 Å². The van der Waals surface area contributed by atoms with Crippen LogP contribution in [0, 0.1) is 34.9 Å². The molecule has 17 nitrogen and oxygen atoms in total. The number of rotatable bonds is 26. The molecule has 0 heterocycles. The van der Waals surface area contributed by atoms with Gasteiger partial charge in [0.05, 0.1) is 34.4 Å². The van der Waals surface area contributed by atoms with E-state index in [0.29, 0.717) is 49.2 Å². The van der Waals surface area contributed by atoms with Gasteiger partial charge in [-0.1, -0.05) is 64.2 Å². The van der Waals surface area contributed by atoms with Crippen molar-refractivity contribution in [1.82, 2.24) is 21.3 Å². The standard InChI is InChI=1S/C44H64F6N8O9S4/c45-33-35(47)43(70(51,63)64)39(57-27-11-7-3-1-4-8-12-27)37(49)41(33)68-25-21-55-31(61)17-15-29(59)53-19-23-67-24-20-54-30(60)16-18-32(62)56-22-26-69-42-34(46)36(48)44(71(52,65)66)40(38(42)50)58-28-13-9-5-2-6-10-14-28/h27-28,57-58H,1-26H2,(H,53,59)(H,54,60)(H,55,61)(H,56,62)(H2,51,63,64)(H2,52,65,66). The molecule has 4 amide bonds. The number of nitrogens with two attached hydrogens (primary N) is 2. The fourth-order valence-corrected chi connectivity index (χ4v) is 11.3. The Morgan fingerprint density at radius 1 is 0.465 bits per heavy atom. The maximum Gasteiger partial charge on any atom is 0.243 e. The summed E-state index contributed by atoms with van der Waals surface area (Å²) >= 11 is 1.07. The number of halogens is 6. The van der Waals surface area contributed by atoms with E-state index in [2.05, 4.69) is 31.9 Å². The fourth-order valence-electron chi connectivity index (χ4n) is 8.01. The van der Waals surface area contributed by atoms with Gasteiger partial charge in [0, 0.05) is 75.5 Å². The van der Waals surface area contributed by atoms with Crippen LogP contribution in [0.3, 0.4) is 0 Å². The molecule has 0 unspecified atom stereocenters. The van der Waals surface area contributed by atoms with Crippen LogP contribution in [0.5, 0.6) is 0 Å². The zero-order valence-electron chi connectivity index (χ0n) is 39.3. The first-order valence-corrected chi connectivity index (χ1v) is 28.7. The molecule has 2 aliphatic rings. The lowest BCUT2D eigenvalue weighted by molar-refractivity contribution is -0.126. The van der Waals surface area contributed by atoms with Crippen molar-refractivity contribution in [3.63, 3.8) is 0 Å². The van der Waals surface area contributed by atoms with Gasteiger partial charge in [0.15, 0.2) is 34.9 Å². The Morgan fingerprint density at radius 3 is 1.07 bits per heavy atom. The highest BCUT2D eigenvalue weighted by molar-refractivity contribution is 7.99. The number of primary sulfonamides is 2. The molecule has 2 aromatic carbocycles. The van der Waals surface area contributed by atoms with Crippen LogP contribution in [0.4, 0.5) is 37.7 Å². The van der Waals surface area contributed by atoms with Crippen LogP contribution in [0.2, 0.25) is 0 Å². The minimum atomic E-state index is -4.86. The summed E-state index contributed by atoms with van der Waals surface area (Å²) in [4.78, 5) is 45.0. The fraction of sp³-hybridized carbons (Fsp3) is 0.636. The van der Waals surface area contributed by atoms with E-state index >= 15 is 17.6 Å². The Kier molecular flexibility index (Phi) is 24.8. The zero-order chi connectivity index (χ0) is 52.1. The van der Waals surface area contributed by atoms with Gasteiger partial charge < -0.3 is 36.6 Å². The van der Waals surface area contributed by atoms with Gasteiger partial charge in [-0.2, -0.15) is 0 Å². The quantitative estimate of drug-likeness (QED) is 0.0240. The third-order valence-electron chi connectivity index (χ3n) is 11.6. The number of carbonyl (C=O) groups excluding carboxylic acids is 4. The molecular weight excluding hydrogens is 1030 g/mol. The van der Waals surface area contributed by atoms with Crippen molar-refractivity contribution in [1.29, 1.82) is 0 Å². The first kappa shape index (κ1) is 59.5. The largest absolute Gasteiger partial charge is 0.379 e. The van der Waals surface area contributed by atoms with Crippen molar-refractivity contribution in [3.05, 3.63) is 34.9 Å². The molecule has 0 radical (unpaired) electrons. The first-order chi connectivity index (χ1) is 33.7. The molecule has 71 heavy (non-hydrogen) atoms. The van der Waals surface area contributed by atoms with Crippen LogP contribution in [-0.4, -0.2) is 103 Å². The molecule has 2 aromatic rings. The molecule has 27 heteroatoms. The molecule has 400 valence electrons. The highest BCUT2D eigenvalue weighted by atomic mass is 32.2. The van der Waals surface area contributed by atoms with Crippen molar-refractivity contribution in [3.8, 4) is 0 Å². The number of sulfonamides is 2. The Morgan fingerprint density at radius 2 is 0.761 bits per heavy atom. The molecule has 2 saturated carbocycles. The summed E-state index contributed by atoms with van der Waals surface area (Å²) in [5.74, 6) is -12.0. The second-order valence-corrected chi connectivity index (χ2v) is 22.3. The molecule has 2 fully saturated rings. The van der Waals surface area contributed by atoms with Crippen molar-refractivity contribution in [2.45, 2.75) is 147 Å². The molecule has 0 aromatic heterocycles. The average molecular weight is 1090 g/mol. The molecule has 10 N–H and O–H groups in total. The van der Waals surface area contributed by atoms with Crippen LogP contribution >= 0.6 is 23.5 Å². The second kappa shape index (κ2) is 29.6. The monoisotopic (exact) mass is 1090 g/mol. The number of hydrogen-bond donors (Lipinski definition) is 8. The van der Waals surface area contributed by atoms with Crippen LogP contribution in [-0.2, 0) is 44.0 Å². The van der Waals surface area contributed by atoms with Gasteiger partial charge in [-0.05, 0) is 25.7 Å². The van der Waals surface area contributed by atoms with E-state index in [9.17, 15) is 44.8 Å². The van der Waals surface area contributed by atoms with Crippen LogP contribution in [0.1, 0.15) is 116 Å². The van der Waals surface area contributed by atoms with Crippen molar-refractivity contribution < 1.29 is 67.1 Å². The lowest BCUT2D eigenvalue weighted by Gasteiger charge is -2.24. The molecule has 0 aliphatic heterocycles. The van der Waals surface area contributed by atoms with E-state index < -0.39 is 110 Å². The average Bonchev–Trinajstić information content (AvgIpc) is 3.28. The number of hydrogen-bond acceptors (Lipinski definition) is 13. The van der Waals surface area contributed by atoms with Crippen molar-refractivity contribution in [2.75, 3.05) is 61.5 Å². The van der Waals surface area contributed by atoms with Gasteiger partial charge in [-0.3, -0.25) is 19.2 Å². The summed E-state index contributed by atoms with van der Waals surface area (Å²) in [7, 11) is -9.71. The lowest BCUT2D eigenvalue weighted by Crippen LogP contribution is -2.32. The van der Waals surface area contributed by atoms with Gasteiger partial charge in [-0.15, -0.1) is 23.5 Å². The van der Waals surface area contributed by atoms with E-state index in [1.165, 1.54) is 0 Å². The molecule has 0 saturated heterocycles. The summed E-state index contributed by atoms with van der Waals surface area (Å²) in [6.45, 7) is 0.0347. The predicted molar refractivity (Wildman–Crippen MR) is 258 cm³/mol. The minimum absolute atomic E-state index is 0.0598. The Hall–Kier alpha value is -4.02. The maximum atomic E-state index is 15.7. The van der Waals surface area contributed by atoms with E-state index in [0.717, 1.165) is 64.2 Å². The first-order valence-electron chi connectivity index (χ1n) is 23.6. The molecule has 2 aliphatic carbocycles. The second-order valence-electron chi connectivity index (χ2n) is 17.1. The Bertz CT molecular complexity index is 2220. The summed E-state index contributed by atoms with van der Waals surface area (Å²) < 4.78 is 146. The number of carbonyl (C=O) groups is 4. The predicted octanol–water partition coefficient (Wildman–Crippen LogP) is 5.79. The summed E-state index contributed by atoms with van der Waals surface area (Å²) in [5.41, 5.74) is -1.45. The van der Waals surface area contributed by atoms with E-state index in [1.54, 1.807) is 0 Å². The van der Waals surface area contributed by atoms with Crippen LogP contribution < -0.4 is 42.2 Å². The van der Waals surface area contributed by atoms with Gasteiger partial charge in [-0.25, -0.2) is 53.5 Å². The molecular formula is C44H64F6N8O9S4. The highest BCUT2D eigenvalue weighted by Gasteiger charge is 2.34. The molecule has 0 atom stereocenters. The van der Waals surface area contributed by atoms with Crippen molar-refractivity contribution >= 4 is 78.6 Å². The van der Waals surface area contributed by atoms with Gasteiger partial charge in [0.2, 0.25) is 43.7 Å². The summed E-state index contributed by atoms with van der Waals surface area (Å²) in [6.07, 6.45) is 10.4. The van der Waals surface area contributed by atoms with Crippen molar-refractivity contribution in [2.24, 2.45) is 10.3 Å². The normalized spacial score (nSPS) is 15.4. The number of nitrogens with one attached hydrogen (secondary N) is 6. The number of anilines is 2. The Labute approximate surface area is 419 Å². The van der Waals surface area contributed by atoms with Gasteiger partial charge in [0.25, 0.3) is 0 Å². The zero-order valence-corrected chi connectivity index (χ0v) is 42.5. The molecule has 0 bridgehead atoms. The van der Waals surface area contributed by atoms with E-state index in [4.69, 9.17) is 15.0 Å². The Balaban J connectivity index is 1.07. The minimum Gasteiger partial charge on any atom is -0.379 e. The van der Waals surface area contributed by atoms with E-state index in [-0.39, 0.29) is 88.7 Å². The lowest BCUT2D eigenvalue weighted by atomic mass is 9.96. The summed E-state index contributed by atoms with van der Waals surface area (Å²) in [6, 6.07) is -0.759. The molecule has 4 rings (SSSR count). The van der Waals surface area contributed by atoms with Crippen LogP contribution in [0.15, 0.2) is 19.6 Å². The van der Waals surface area contributed by atoms with Gasteiger partial charge in [0.1, 0.15) is 9.79 Å². The number of benzene rings is 2. The highest BCUT2D eigenvalue weighted by Crippen LogP contribution is 2.40.